The fourth-order valence-electron chi connectivity index (χ4n) is 2.94. The molecule has 0 atom stereocenters. The third-order valence-electron chi connectivity index (χ3n) is 4.35. The van der Waals surface area contributed by atoms with Crippen LogP contribution < -0.4 is 5.32 Å². The largest absolute Gasteiger partial charge is 0.322 e. The monoisotopic (exact) mass is 379 g/mol. The number of benzene rings is 2. The van der Waals surface area contributed by atoms with E-state index in [4.69, 9.17) is 11.6 Å². The Hall–Kier alpha value is -2.02. The number of hydrogen-bond donors (Lipinski definition) is 1. The van der Waals surface area contributed by atoms with E-state index in [1.807, 2.05) is 29.2 Å². The van der Waals surface area contributed by atoms with Crippen LogP contribution in [-0.2, 0) is 11.3 Å². The molecule has 0 aromatic heterocycles. The number of carbonyl (C=O) groups is 1. The summed E-state index contributed by atoms with van der Waals surface area (Å²) in [6.45, 7) is 4.16. The van der Waals surface area contributed by atoms with Crippen LogP contribution in [0.4, 0.5) is 14.5 Å². The first-order chi connectivity index (χ1) is 12.5. The molecule has 3 rings (SSSR count). The van der Waals surface area contributed by atoms with Crippen molar-refractivity contribution < 1.29 is 13.6 Å². The minimum Gasteiger partial charge on any atom is -0.322 e. The molecular weight excluding hydrogens is 360 g/mol. The summed E-state index contributed by atoms with van der Waals surface area (Å²) in [5.74, 6) is -1.58. The van der Waals surface area contributed by atoms with Crippen molar-refractivity contribution in [3.8, 4) is 0 Å². The third kappa shape index (κ3) is 5.24. The maximum absolute atomic E-state index is 13.6. The number of amides is 1. The van der Waals surface area contributed by atoms with Gasteiger partial charge in [-0.15, -0.1) is 0 Å². The van der Waals surface area contributed by atoms with Gasteiger partial charge in [-0.05, 0) is 29.8 Å². The molecule has 1 aliphatic rings. The molecule has 138 valence electrons. The maximum atomic E-state index is 13.6. The molecule has 0 saturated carbocycles. The van der Waals surface area contributed by atoms with Gasteiger partial charge in [0.25, 0.3) is 0 Å². The lowest BCUT2D eigenvalue weighted by molar-refractivity contribution is -0.117. The van der Waals surface area contributed by atoms with E-state index in [1.165, 1.54) is 5.56 Å². The first-order valence-electron chi connectivity index (χ1n) is 8.43. The fraction of sp³-hybridized carbons (Fsp3) is 0.316. The van der Waals surface area contributed by atoms with Crippen LogP contribution in [0, 0.1) is 11.6 Å². The second kappa shape index (κ2) is 8.58. The average Bonchev–Trinajstić information content (AvgIpc) is 2.62. The highest BCUT2D eigenvalue weighted by Gasteiger charge is 2.19. The Bertz CT molecular complexity index is 762. The quantitative estimate of drug-likeness (QED) is 0.865. The Balaban J connectivity index is 1.45. The van der Waals surface area contributed by atoms with Gasteiger partial charge >= 0.3 is 0 Å². The summed E-state index contributed by atoms with van der Waals surface area (Å²) in [4.78, 5) is 16.4. The summed E-state index contributed by atoms with van der Waals surface area (Å²) in [5, 5.41) is 3.15. The van der Waals surface area contributed by atoms with Crippen LogP contribution in [0.15, 0.2) is 42.5 Å². The van der Waals surface area contributed by atoms with E-state index in [-0.39, 0.29) is 18.1 Å². The van der Waals surface area contributed by atoms with Crippen LogP contribution in [0.1, 0.15) is 5.56 Å². The molecule has 26 heavy (non-hydrogen) atoms. The van der Waals surface area contributed by atoms with E-state index >= 15 is 0 Å². The van der Waals surface area contributed by atoms with Crippen molar-refractivity contribution in [1.82, 2.24) is 9.80 Å². The Morgan fingerprint density at radius 2 is 1.65 bits per heavy atom. The summed E-state index contributed by atoms with van der Waals surface area (Å²) >= 11 is 5.90. The number of piperazine rings is 1. The smallest absolute Gasteiger partial charge is 0.238 e. The number of nitrogens with one attached hydrogen (secondary N) is 1. The number of carbonyl (C=O) groups excluding carboxylic acids is 1. The number of anilines is 1. The van der Waals surface area contributed by atoms with Gasteiger partial charge in [0.1, 0.15) is 11.6 Å². The molecule has 0 bridgehead atoms. The lowest BCUT2D eigenvalue weighted by Gasteiger charge is -2.34. The first kappa shape index (κ1) is 18.8. The van der Waals surface area contributed by atoms with Crippen LogP contribution in [-0.4, -0.2) is 48.4 Å². The zero-order valence-corrected chi connectivity index (χ0v) is 15.0. The van der Waals surface area contributed by atoms with Crippen molar-refractivity contribution in [3.05, 3.63) is 64.7 Å². The molecule has 0 aliphatic carbocycles. The molecular formula is C19H20ClF2N3O. The molecule has 1 fully saturated rings. The van der Waals surface area contributed by atoms with Gasteiger partial charge in [-0.1, -0.05) is 23.7 Å². The molecule has 0 unspecified atom stereocenters. The molecule has 2 aromatic rings. The van der Waals surface area contributed by atoms with Gasteiger partial charge < -0.3 is 5.32 Å². The summed E-state index contributed by atoms with van der Waals surface area (Å²) in [6.07, 6.45) is 0. The summed E-state index contributed by atoms with van der Waals surface area (Å²) in [5.41, 5.74) is 1.07. The third-order valence-corrected chi connectivity index (χ3v) is 4.61. The van der Waals surface area contributed by atoms with Gasteiger partial charge in [-0.2, -0.15) is 0 Å². The van der Waals surface area contributed by atoms with Crippen molar-refractivity contribution in [3.63, 3.8) is 0 Å². The maximum Gasteiger partial charge on any atom is 0.238 e. The van der Waals surface area contributed by atoms with Crippen LogP contribution in [0.25, 0.3) is 0 Å². The topological polar surface area (TPSA) is 35.6 Å². The van der Waals surface area contributed by atoms with Gasteiger partial charge in [0.2, 0.25) is 5.91 Å². The van der Waals surface area contributed by atoms with Crippen molar-refractivity contribution >= 4 is 23.2 Å². The highest BCUT2D eigenvalue weighted by molar-refractivity contribution is 6.30. The SMILES string of the molecule is O=C(CN1CCN(Cc2ccc(Cl)cc2)CC1)Nc1cc(F)ccc1F. The molecule has 1 N–H and O–H groups in total. The second-order valence-corrected chi connectivity index (χ2v) is 6.79. The minimum absolute atomic E-state index is 0.128. The Kier molecular flexibility index (Phi) is 6.19. The highest BCUT2D eigenvalue weighted by atomic mass is 35.5. The Morgan fingerprint density at radius 1 is 1.00 bits per heavy atom. The Morgan fingerprint density at radius 3 is 2.35 bits per heavy atom. The summed E-state index contributed by atoms with van der Waals surface area (Å²) in [6, 6.07) is 10.8. The summed E-state index contributed by atoms with van der Waals surface area (Å²) < 4.78 is 26.7. The van der Waals surface area contributed by atoms with Gasteiger partial charge in [-0.3, -0.25) is 14.6 Å². The molecule has 1 heterocycles. The van der Waals surface area contributed by atoms with Crippen LogP contribution in [0.3, 0.4) is 0 Å². The summed E-state index contributed by atoms with van der Waals surface area (Å²) in [7, 11) is 0. The lowest BCUT2D eigenvalue weighted by Crippen LogP contribution is -2.48. The van der Waals surface area contributed by atoms with E-state index in [0.29, 0.717) is 0 Å². The van der Waals surface area contributed by atoms with E-state index in [9.17, 15) is 13.6 Å². The normalized spacial score (nSPS) is 15.8. The lowest BCUT2D eigenvalue weighted by atomic mass is 10.2. The average molecular weight is 380 g/mol. The first-order valence-corrected chi connectivity index (χ1v) is 8.81. The zero-order valence-electron chi connectivity index (χ0n) is 14.2. The van der Waals surface area contributed by atoms with E-state index in [1.54, 1.807) is 0 Å². The number of nitrogens with zero attached hydrogens (tertiary/aromatic N) is 2. The zero-order chi connectivity index (χ0) is 18.5. The predicted octanol–water partition coefficient (Wildman–Crippen LogP) is 3.37. The van der Waals surface area contributed by atoms with Gasteiger partial charge in [-0.25, -0.2) is 8.78 Å². The Labute approximate surface area is 156 Å². The van der Waals surface area contributed by atoms with Crippen molar-refractivity contribution in [2.24, 2.45) is 0 Å². The molecule has 7 heteroatoms. The van der Waals surface area contributed by atoms with Gasteiger partial charge in [0.15, 0.2) is 0 Å². The molecule has 4 nitrogen and oxygen atoms in total. The second-order valence-electron chi connectivity index (χ2n) is 6.35. The number of halogens is 3. The standard InChI is InChI=1S/C19H20ClF2N3O/c20-15-3-1-14(2-4-15)12-24-7-9-25(10-8-24)13-19(26)23-18-11-16(21)5-6-17(18)22/h1-6,11H,7-10,12-13H2,(H,23,26). The minimum atomic E-state index is -0.646. The van der Waals surface area contributed by atoms with Crippen molar-refractivity contribution in [1.29, 1.82) is 0 Å². The van der Waals surface area contributed by atoms with Crippen molar-refractivity contribution in [2.45, 2.75) is 6.54 Å². The molecule has 2 aromatic carbocycles. The van der Waals surface area contributed by atoms with E-state index in [0.717, 1.165) is 55.9 Å². The molecule has 0 radical (unpaired) electrons. The van der Waals surface area contributed by atoms with Gasteiger partial charge in [0, 0.05) is 43.8 Å². The number of rotatable bonds is 5. The van der Waals surface area contributed by atoms with Crippen LogP contribution >= 0.6 is 11.6 Å². The fourth-order valence-corrected chi connectivity index (χ4v) is 3.07. The highest BCUT2D eigenvalue weighted by Crippen LogP contribution is 2.16. The molecule has 1 saturated heterocycles. The van der Waals surface area contributed by atoms with E-state index < -0.39 is 11.6 Å². The van der Waals surface area contributed by atoms with E-state index in [2.05, 4.69) is 10.2 Å². The van der Waals surface area contributed by atoms with Crippen molar-refractivity contribution in [2.75, 3.05) is 38.0 Å². The molecule has 1 amide bonds. The van der Waals surface area contributed by atoms with Gasteiger partial charge in [0.05, 0.1) is 12.2 Å². The predicted molar refractivity (Wildman–Crippen MR) is 98.2 cm³/mol. The molecule has 1 aliphatic heterocycles. The number of hydrogen-bond acceptors (Lipinski definition) is 3. The van der Waals surface area contributed by atoms with Crippen LogP contribution in [0.5, 0.6) is 0 Å². The van der Waals surface area contributed by atoms with Crippen LogP contribution in [0.2, 0.25) is 5.02 Å². The molecule has 0 spiro atoms.